The summed E-state index contributed by atoms with van der Waals surface area (Å²) >= 11 is 6.53. The number of likely N-dealkylation sites (tertiary alicyclic amines) is 1. The summed E-state index contributed by atoms with van der Waals surface area (Å²) in [6.45, 7) is 4.59. The van der Waals surface area contributed by atoms with Crippen molar-refractivity contribution < 1.29 is 23.7 Å². The molecule has 10 heteroatoms. The SMILES string of the molecule is Clc1ccc2c(c1Nc1ncnc3cc(OCCN4CCCCC4)cc(OC4CCCCO4)c13)OCO2. The highest BCUT2D eigenvalue weighted by molar-refractivity contribution is 6.34. The van der Waals surface area contributed by atoms with Gasteiger partial charge in [0, 0.05) is 25.1 Å². The molecule has 0 radical (unpaired) electrons. The molecule has 3 aliphatic rings. The van der Waals surface area contributed by atoms with Crippen molar-refractivity contribution in [3.63, 3.8) is 0 Å². The maximum atomic E-state index is 6.53. The van der Waals surface area contributed by atoms with E-state index >= 15 is 0 Å². The summed E-state index contributed by atoms with van der Waals surface area (Å²) in [5.41, 5.74) is 1.28. The van der Waals surface area contributed by atoms with Crippen LogP contribution in [0.1, 0.15) is 38.5 Å². The number of rotatable bonds is 8. The number of piperidine rings is 1. The van der Waals surface area contributed by atoms with E-state index in [0.717, 1.165) is 38.9 Å². The summed E-state index contributed by atoms with van der Waals surface area (Å²) in [6.07, 6.45) is 7.92. The summed E-state index contributed by atoms with van der Waals surface area (Å²) in [7, 11) is 0. The van der Waals surface area contributed by atoms with Crippen molar-refractivity contribution in [1.82, 2.24) is 14.9 Å². The van der Waals surface area contributed by atoms with Crippen LogP contribution in [0.3, 0.4) is 0 Å². The van der Waals surface area contributed by atoms with Gasteiger partial charge >= 0.3 is 0 Å². The Kier molecular flexibility index (Phi) is 7.34. The predicted octanol–water partition coefficient (Wildman–Crippen LogP) is 5.53. The zero-order valence-corrected chi connectivity index (χ0v) is 21.5. The number of nitrogens with zero attached hydrogens (tertiary/aromatic N) is 3. The fraction of sp³-hybridized carbons (Fsp3) is 0.481. The van der Waals surface area contributed by atoms with Crippen molar-refractivity contribution >= 4 is 34.0 Å². The van der Waals surface area contributed by atoms with Gasteiger partial charge in [-0.3, -0.25) is 4.90 Å². The van der Waals surface area contributed by atoms with Crippen molar-refractivity contribution in [1.29, 1.82) is 0 Å². The summed E-state index contributed by atoms with van der Waals surface area (Å²) < 4.78 is 29.6. The molecular formula is C27H31ClN4O5. The van der Waals surface area contributed by atoms with Crippen molar-refractivity contribution in [3.05, 3.63) is 35.6 Å². The number of nitrogens with one attached hydrogen (secondary N) is 1. The van der Waals surface area contributed by atoms with Gasteiger partial charge < -0.3 is 29.0 Å². The molecule has 2 fully saturated rings. The number of fused-ring (bicyclic) bond motifs is 2. The van der Waals surface area contributed by atoms with Gasteiger partial charge in [-0.1, -0.05) is 18.0 Å². The van der Waals surface area contributed by atoms with Crippen molar-refractivity contribution in [2.24, 2.45) is 0 Å². The van der Waals surface area contributed by atoms with Crippen molar-refractivity contribution in [2.75, 3.05) is 45.0 Å². The molecule has 2 aromatic carbocycles. The molecule has 1 N–H and O–H groups in total. The predicted molar refractivity (Wildman–Crippen MR) is 140 cm³/mol. The molecule has 1 aromatic heterocycles. The second-order valence-electron chi connectivity index (χ2n) is 9.48. The lowest BCUT2D eigenvalue weighted by Crippen LogP contribution is -2.33. The lowest BCUT2D eigenvalue weighted by molar-refractivity contribution is -0.105. The van der Waals surface area contributed by atoms with Crippen LogP contribution in [0.4, 0.5) is 11.5 Å². The van der Waals surface area contributed by atoms with Crippen LogP contribution in [0, 0.1) is 0 Å². The van der Waals surface area contributed by atoms with E-state index in [1.807, 2.05) is 12.1 Å². The van der Waals surface area contributed by atoms with E-state index < -0.39 is 0 Å². The van der Waals surface area contributed by atoms with E-state index in [2.05, 4.69) is 20.2 Å². The van der Waals surface area contributed by atoms with Crippen LogP contribution in [0.15, 0.2) is 30.6 Å². The number of anilines is 2. The monoisotopic (exact) mass is 526 g/mol. The van der Waals surface area contributed by atoms with Crippen LogP contribution < -0.4 is 24.3 Å². The molecule has 6 rings (SSSR count). The molecule has 196 valence electrons. The molecule has 3 aliphatic heterocycles. The molecule has 1 atom stereocenters. The standard InChI is InChI=1S/C27H31ClN4O5/c28-19-7-8-21-26(36-17-35-21)25(19)31-27-24-20(29-16-30-27)14-18(33-13-11-32-9-3-1-4-10-32)15-22(24)37-23-6-2-5-12-34-23/h7-8,14-16,23H,1-6,9-13,17H2,(H,29,30,31). The van der Waals surface area contributed by atoms with Crippen LogP contribution in [0.2, 0.25) is 5.02 Å². The normalized spacial score (nSPS) is 19.6. The molecule has 37 heavy (non-hydrogen) atoms. The van der Waals surface area contributed by atoms with Crippen LogP contribution in [-0.4, -0.2) is 60.8 Å². The Morgan fingerprint density at radius 1 is 1.05 bits per heavy atom. The molecule has 4 heterocycles. The second kappa shape index (κ2) is 11.2. The molecule has 3 aromatic rings. The maximum absolute atomic E-state index is 6.53. The lowest BCUT2D eigenvalue weighted by atomic mass is 10.1. The lowest BCUT2D eigenvalue weighted by Gasteiger charge is -2.26. The average Bonchev–Trinajstić information content (AvgIpc) is 3.41. The molecule has 0 spiro atoms. The summed E-state index contributed by atoms with van der Waals surface area (Å²) in [5.74, 6) is 3.02. The van der Waals surface area contributed by atoms with Crippen LogP contribution in [0.5, 0.6) is 23.0 Å². The third-order valence-electron chi connectivity index (χ3n) is 6.93. The van der Waals surface area contributed by atoms with Gasteiger partial charge in [-0.05, 0) is 50.9 Å². The van der Waals surface area contributed by atoms with Crippen LogP contribution in [0.25, 0.3) is 10.9 Å². The summed E-state index contributed by atoms with van der Waals surface area (Å²) in [5, 5.41) is 4.55. The summed E-state index contributed by atoms with van der Waals surface area (Å²) in [6, 6.07) is 7.38. The molecular weight excluding hydrogens is 496 g/mol. The first kappa shape index (κ1) is 24.3. The highest BCUT2D eigenvalue weighted by Crippen LogP contribution is 2.46. The summed E-state index contributed by atoms with van der Waals surface area (Å²) in [4.78, 5) is 11.5. The highest BCUT2D eigenvalue weighted by Gasteiger charge is 2.24. The number of aromatic nitrogens is 2. The van der Waals surface area contributed by atoms with E-state index in [0.29, 0.717) is 63.6 Å². The zero-order valence-electron chi connectivity index (χ0n) is 20.7. The van der Waals surface area contributed by atoms with Gasteiger partial charge in [0.25, 0.3) is 0 Å². The van der Waals surface area contributed by atoms with Gasteiger partial charge in [0.15, 0.2) is 17.8 Å². The highest BCUT2D eigenvalue weighted by atomic mass is 35.5. The molecule has 0 saturated carbocycles. The Hall–Kier alpha value is -3.01. The van der Waals surface area contributed by atoms with E-state index in [9.17, 15) is 0 Å². The van der Waals surface area contributed by atoms with Crippen molar-refractivity contribution in [2.45, 2.75) is 44.8 Å². The fourth-order valence-electron chi connectivity index (χ4n) is 5.00. The van der Waals surface area contributed by atoms with Crippen molar-refractivity contribution in [3.8, 4) is 23.0 Å². The minimum Gasteiger partial charge on any atom is -0.492 e. The minimum atomic E-state index is -0.338. The third kappa shape index (κ3) is 5.49. The van der Waals surface area contributed by atoms with E-state index in [-0.39, 0.29) is 13.1 Å². The van der Waals surface area contributed by atoms with E-state index in [4.69, 9.17) is 35.3 Å². The number of benzene rings is 2. The van der Waals surface area contributed by atoms with Gasteiger partial charge in [0.1, 0.15) is 35.9 Å². The van der Waals surface area contributed by atoms with Gasteiger partial charge in [0.2, 0.25) is 6.79 Å². The molecule has 0 amide bonds. The number of halogens is 1. The zero-order chi connectivity index (χ0) is 25.0. The number of hydrogen-bond donors (Lipinski definition) is 1. The Morgan fingerprint density at radius 3 is 2.84 bits per heavy atom. The smallest absolute Gasteiger partial charge is 0.231 e. The van der Waals surface area contributed by atoms with Crippen LogP contribution in [-0.2, 0) is 4.74 Å². The van der Waals surface area contributed by atoms with E-state index in [1.54, 1.807) is 12.1 Å². The van der Waals surface area contributed by atoms with Gasteiger partial charge in [-0.2, -0.15) is 0 Å². The Labute approximate surface area is 221 Å². The topological polar surface area (TPSA) is 87.2 Å². The third-order valence-corrected chi connectivity index (χ3v) is 7.24. The van der Waals surface area contributed by atoms with Gasteiger partial charge in [-0.25, -0.2) is 9.97 Å². The van der Waals surface area contributed by atoms with Crippen LogP contribution >= 0.6 is 11.6 Å². The van der Waals surface area contributed by atoms with E-state index in [1.165, 1.54) is 25.6 Å². The first-order valence-electron chi connectivity index (χ1n) is 13.0. The average molecular weight is 527 g/mol. The molecule has 9 nitrogen and oxygen atoms in total. The molecule has 0 bridgehead atoms. The number of hydrogen-bond acceptors (Lipinski definition) is 9. The number of ether oxygens (including phenoxy) is 5. The first-order valence-corrected chi connectivity index (χ1v) is 13.4. The quantitative estimate of drug-likeness (QED) is 0.407. The molecule has 2 saturated heterocycles. The van der Waals surface area contributed by atoms with Gasteiger partial charge in [0.05, 0.1) is 22.5 Å². The van der Waals surface area contributed by atoms with Gasteiger partial charge in [-0.15, -0.1) is 0 Å². The maximum Gasteiger partial charge on any atom is 0.231 e. The molecule has 1 unspecified atom stereocenters. The molecule has 0 aliphatic carbocycles. The Morgan fingerprint density at radius 2 is 1.97 bits per heavy atom. The Bertz CT molecular complexity index is 1250. The second-order valence-corrected chi connectivity index (χ2v) is 9.89. The Balaban J connectivity index is 1.32. The largest absolute Gasteiger partial charge is 0.492 e. The minimum absolute atomic E-state index is 0.139. The fourth-order valence-corrected chi connectivity index (χ4v) is 5.20. The first-order chi connectivity index (χ1) is 18.2.